The summed E-state index contributed by atoms with van der Waals surface area (Å²) in [5.41, 5.74) is 8.08. The van der Waals surface area contributed by atoms with Crippen LogP contribution in [0.2, 0.25) is 0 Å². The molecule has 1 atom stereocenters. The number of nitrogens with one attached hydrogen (secondary N) is 1. The molecule has 2 aromatic carbocycles. The van der Waals surface area contributed by atoms with Crippen LogP contribution in [-0.4, -0.2) is 32.2 Å². The number of hydrogen-bond acceptors (Lipinski definition) is 7. The van der Waals surface area contributed by atoms with E-state index in [2.05, 4.69) is 45.5 Å². The highest BCUT2D eigenvalue weighted by molar-refractivity contribution is 5.70. The molecule has 0 saturated carbocycles. The minimum absolute atomic E-state index is 0.0441. The molecule has 0 aliphatic heterocycles. The van der Waals surface area contributed by atoms with E-state index in [0.29, 0.717) is 30.8 Å². The van der Waals surface area contributed by atoms with Crippen LogP contribution in [0.15, 0.2) is 67.0 Å². The first-order chi connectivity index (χ1) is 19.1. The normalized spacial score (nSPS) is 15.6. The number of nitrogens with zero attached hydrogens (tertiary/aromatic N) is 3. The molecule has 0 radical (unpaired) electrons. The Kier molecular flexibility index (Phi) is 7.18. The first kappa shape index (κ1) is 25.3. The van der Waals surface area contributed by atoms with Crippen LogP contribution >= 0.6 is 0 Å². The molecule has 0 saturated heterocycles. The number of fused-ring (bicyclic) bond motifs is 2. The van der Waals surface area contributed by atoms with Gasteiger partial charge in [0, 0.05) is 56.1 Å². The van der Waals surface area contributed by atoms with Crippen molar-refractivity contribution in [3.8, 4) is 17.2 Å². The van der Waals surface area contributed by atoms with Crippen LogP contribution in [0.1, 0.15) is 63.7 Å². The lowest BCUT2D eigenvalue weighted by Crippen LogP contribution is -2.31. The summed E-state index contributed by atoms with van der Waals surface area (Å²) in [5.74, 6) is 0.727. The lowest BCUT2D eigenvalue weighted by Gasteiger charge is -2.35. The van der Waals surface area contributed by atoms with Crippen LogP contribution in [0, 0.1) is 0 Å². The summed E-state index contributed by atoms with van der Waals surface area (Å²) >= 11 is 0. The van der Waals surface area contributed by atoms with Crippen molar-refractivity contribution in [1.82, 2.24) is 20.2 Å². The predicted molar refractivity (Wildman–Crippen MR) is 150 cm³/mol. The molecule has 7 heteroatoms. The number of hydrogen-bond donors (Lipinski definition) is 3. The van der Waals surface area contributed by atoms with Crippen LogP contribution in [0.4, 0.5) is 0 Å². The van der Waals surface area contributed by atoms with Gasteiger partial charge in [0.15, 0.2) is 11.5 Å². The second-order valence-corrected chi connectivity index (χ2v) is 10.4. The number of phenolic OH excluding ortho intramolecular Hbond substituents is 2. The lowest BCUT2D eigenvalue weighted by molar-refractivity contribution is 0.153. The molecule has 2 aliphatic rings. The lowest BCUT2D eigenvalue weighted by atomic mass is 9.90. The number of ether oxygens (including phenoxy) is 1. The average molecular weight is 523 g/mol. The van der Waals surface area contributed by atoms with E-state index in [-0.39, 0.29) is 17.5 Å². The Morgan fingerprint density at radius 1 is 0.897 bits per heavy atom. The van der Waals surface area contributed by atoms with Crippen molar-refractivity contribution >= 4 is 0 Å². The van der Waals surface area contributed by atoms with Gasteiger partial charge in [0.2, 0.25) is 0 Å². The highest BCUT2D eigenvalue weighted by Gasteiger charge is 2.35. The van der Waals surface area contributed by atoms with Crippen molar-refractivity contribution in [3.05, 3.63) is 112 Å². The monoisotopic (exact) mass is 522 g/mol. The highest BCUT2D eigenvalue weighted by Crippen LogP contribution is 2.52. The molecule has 4 aromatic rings. The molecule has 39 heavy (non-hydrogen) atoms. The van der Waals surface area contributed by atoms with Crippen molar-refractivity contribution in [2.24, 2.45) is 0 Å². The molecule has 2 aromatic heterocycles. The van der Waals surface area contributed by atoms with E-state index < -0.39 is 0 Å². The molecule has 2 heterocycles. The topological polar surface area (TPSA) is 90.7 Å². The van der Waals surface area contributed by atoms with Gasteiger partial charge in [0.1, 0.15) is 5.75 Å². The van der Waals surface area contributed by atoms with Crippen molar-refractivity contribution in [3.63, 3.8) is 0 Å². The van der Waals surface area contributed by atoms with E-state index in [9.17, 15) is 10.2 Å². The van der Waals surface area contributed by atoms with Crippen molar-refractivity contribution < 1.29 is 14.9 Å². The second-order valence-electron chi connectivity index (χ2n) is 10.4. The average Bonchev–Trinajstić information content (AvgIpc) is 3.77. The Labute approximate surface area is 229 Å². The van der Waals surface area contributed by atoms with Crippen molar-refractivity contribution in [2.75, 3.05) is 7.11 Å². The summed E-state index contributed by atoms with van der Waals surface area (Å²) in [7, 11) is 1.57. The van der Waals surface area contributed by atoms with Gasteiger partial charge in [-0.05, 0) is 54.2 Å². The molecule has 0 bridgehead atoms. The fraction of sp³-hybridized carbons (Fsp3) is 0.312. The quantitative estimate of drug-likeness (QED) is 0.233. The zero-order valence-corrected chi connectivity index (χ0v) is 22.2. The summed E-state index contributed by atoms with van der Waals surface area (Å²) in [6, 6.07) is 18.8. The van der Waals surface area contributed by atoms with E-state index in [4.69, 9.17) is 9.72 Å². The number of methoxy groups -OCH3 is 1. The van der Waals surface area contributed by atoms with Crippen LogP contribution in [0.5, 0.6) is 17.2 Å². The fourth-order valence-electron chi connectivity index (χ4n) is 5.77. The van der Waals surface area contributed by atoms with Gasteiger partial charge in [-0.1, -0.05) is 36.4 Å². The SMILES string of the molecule is COc1c(O)c(CN(Cc2ccc(CNCc3ccccn3)cc2)C2CCCc3cccnc32)c(O)c2c1C2. The number of aromatic hydroxyl groups is 2. The minimum Gasteiger partial charge on any atom is -0.507 e. The van der Waals surface area contributed by atoms with Gasteiger partial charge in [-0.2, -0.15) is 0 Å². The first-order valence-electron chi connectivity index (χ1n) is 13.6. The molecular formula is C32H34N4O3. The van der Waals surface area contributed by atoms with Gasteiger partial charge in [0.25, 0.3) is 0 Å². The summed E-state index contributed by atoms with van der Waals surface area (Å²) in [6.45, 7) is 2.55. The zero-order chi connectivity index (χ0) is 26.8. The molecule has 1 unspecified atom stereocenters. The number of aryl methyl sites for hydroxylation is 1. The van der Waals surface area contributed by atoms with Gasteiger partial charge < -0.3 is 20.3 Å². The van der Waals surface area contributed by atoms with E-state index in [1.54, 1.807) is 7.11 Å². The molecule has 200 valence electrons. The van der Waals surface area contributed by atoms with Crippen LogP contribution in [0.3, 0.4) is 0 Å². The van der Waals surface area contributed by atoms with Crippen LogP contribution < -0.4 is 10.1 Å². The first-order valence-corrected chi connectivity index (χ1v) is 13.6. The maximum atomic E-state index is 11.1. The van der Waals surface area contributed by atoms with Gasteiger partial charge in [-0.15, -0.1) is 0 Å². The molecule has 0 amide bonds. The smallest absolute Gasteiger partial charge is 0.166 e. The van der Waals surface area contributed by atoms with E-state index in [1.807, 2.05) is 36.7 Å². The van der Waals surface area contributed by atoms with Gasteiger partial charge in [-0.25, -0.2) is 0 Å². The maximum absolute atomic E-state index is 11.1. The summed E-state index contributed by atoms with van der Waals surface area (Å²) in [4.78, 5) is 11.5. The van der Waals surface area contributed by atoms with Crippen molar-refractivity contribution in [1.29, 1.82) is 0 Å². The Morgan fingerprint density at radius 3 is 2.51 bits per heavy atom. The van der Waals surface area contributed by atoms with Gasteiger partial charge >= 0.3 is 0 Å². The zero-order valence-electron chi connectivity index (χ0n) is 22.2. The van der Waals surface area contributed by atoms with E-state index in [0.717, 1.165) is 54.9 Å². The van der Waals surface area contributed by atoms with E-state index in [1.165, 1.54) is 16.7 Å². The summed E-state index contributed by atoms with van der Waals surface area (Å²) in [6.07, 6.45) is 7.41. The Morgan fingerprint density at radius 2 is 1.72 bits per heavy atom. The fourth-order valence-corrected chi connectivity index (χ4v) is 5.77. The van der Waals surface area contributed by atoms with Crippen LogP contribution in [0.25, 0.3) is 0 Å². The number of pyridine rings is 2. The van der Waals surface area contributed by atoms with Gasteiger partial charge in [0.05, 0.1) is 30.1 Å². The number of rotatable bonds is 10. The molecule has 2 aliphatic carbocycles. The molecule has 3 N–H and O–H groups in total. The third-order valence-corrected chi connectivity index (χ3v) is 7.88. The Bertz CT molecular complexity index is 1460. The summed E-state index contributed by atoms with van der Waals surface area (Å²) in [5, 5.41) is 25.5. The highest BCUT2D eigenvalue weighted by atomic mass is 16.5. The third kappa shape index (κ3) is 5.33. The number of benzene rings is 2. The van der Waals surface area contributed by atoms with Gasteiger partial charge in [-0.3, -0.25) is 14.9 Å². The molecule has 0 fully saturated rings. The molecule has 7 nitrogen and oxygen atoms in total. The Balaban J connectivity index is 1.23. The predicted octanol–water partition coefficient (Wildman–Crippen LogP) is 5.17. The third-order valence-electron chi connectivity index (χ3n) is 7.88. The number of aromatic nitrogens is 2. The van der Waals surface area contributed by atoms with E-state index >= 15 is 0 Å². The maximum Gasteiger partial charge on any atom is 0.166 e. The second kappa shape index (κ2) is 11.0. The minimum atomic E-state index is 0.0441. The molecule has 6 rings (SSSR count). The molecule has 0 spiro atoms. The van der Waals surface area contributed by atoms with Crippen molar-refractivity contribution in [2.45, 2.75) is 57.9 Å². The number of phenols is 2. The largest absolute Gasteiger partial charge is 0.507 e. The standard InChI is InChI=1S/C32H34N4O3/c1-39-32-26-16-25(26)30(37)27(31(32)38)20-36(28-9-4-6-23-7-5-15-35-29(23)28)19-22-12-10-21(11-13-22)17-33-18-24-8-2-3-14-34-24/h2-3,5,7-8,10-15,28,33,37-38H,4,6,9,16-20H2,1H3. The summed E-state index contributed by atoms with van der Waals surface area (Å²) < 4.78 is 5.50. The van der Waals surface area contributed by atoms with Crippen LogP contribution in [-0.2, 0) is 39.0 Å². The molecular weight excluding hydrogens is 488 g/mol. The Hall–Kier alpha value is -3.94.